The van der Waals surface area contributed by atoms with Gasteiger partial charge >= 0.3 is 0 Å². The number of nitrogens with zero attached hydrogens (tertiary/aromatic N) is 3. The van der Waals surface area contributed by atoms with Crippen LogP contribution in [0, 0.1) is 6.92 Å². The maximum absolute atomic E-state index is 5.70. The molecule has 0 aliphatic carbocycles. The topological polar surface area (TPSA) is 54.2 Å². The van der Waals surface area contributed by atoms with Gasteiger partial charge in [-0.3, -0.25) is 0 Å². The third-order valence-electron chi connectivity index (χ3n) is 3.81. The first-order valence-electron chi connectivity index (χ1n) is 7.64. The second-order valence-electron chi connectivity index (χ2n) is 5.60. The summed E-state index contributed by atoms with van der Waals surface area (Å²) in [5.74, 6) is 1.24. The van der Waals surface area contributed by atoms with E-state index in [0.717, 1.165) is 18.7 Å². The van der Waals surface area contributed by atoms with Crippen molar-refractivity contribution in [2.24, 2.45) is 0 Å². The number of benzene rings is 1. The number of hydrogen-bond donors (Lipinski definition) is 1. The molecule has 1 aliphatic heterocycles. The minimum atomic E-state index is 0.593. The van der Waals surface area contributed by atoms with Gasteiger partial charge in [-0.15, -0.1) is 10.2 Å². The SMILES string of the molecule is Cc1cccc(-c2nnc(CNCCN3CCCC3)o2)c1. The molecule has 1 saturated heterocycles. The van der Waals surface area contributed by atoms with Crippen LogP contribution in [0.25, 0.3) is 11.5 Å². The van der Waals surface area contributed by atoms with Crippen LogP contribution in [-0.2, 0) is 6.54 Å². The zero-order valence-electron chi connectivity index (χ0n) is 12.5. The van der Waals surface area contributed by atoms with Crippen molar-refractivity contribution in [3.63, 3.8) is 0 Å². The number of hydrogen-bond acceptors (Lipinski definition) is 5. The highest BCUT2D eigenvalue weighted by molar-refractivity contribution is 5.53. The molecule has 21 heavy (non-hydrogen) atoms. The molecule has 0 atom stereocenters. The highest BCUT2D eigenvalue weighted by Gasteiger charge is 2.11. The molecule has 5 heteroatoms. The minimum Gasteiger partial charge on any atom is -0.419 e. The summed E-state index contributed by atoms with van der Waals surface area (Å²) in [4.78, 5) is 2.49. The van der Waals surface area contributed by atoms with Crippen molar-refractivity contribution in [2.75, 3.05) is 26.2 Å². The standard InChI is InChI=1S/C16H22N4O/c1-13-5-4-6-14(11-13)16-19-18-15(21-16)12-17-7-10-20-8-2-3-9-20/h4-6,11,17H,2-3,7-10,12H2,1H3. The van der Waals surface area contributed by atoms with Gasteiger partial charge in [0.25, 0.3) is 0 Å². The van der Waals surface area contributed by atoms with Crippen LogP contribution < -0.4 is 5.32 Å². The third kappa shape index (κ3) is 3.89. The molecule has 0 radical (unpaired) electrons. The lowest BCUT2D eigenvalue weighted by Crippen LogP contribution is -2.29. The smallest absolute Gasteiger partial charge is 0.247 e. The number of rotatable bonds is 6. The predicted octanol–water partition coefficient (Wildman–Crippen LogP) is 2.23. The first kappa shape index (κ1) is 14.2. The van der Waals surface area contributed by atoms with Crippen molar-refractivity contribution in [3.8, 4) is 11.5 Å². The predicted molar refractivity (Wildman–Crippen MR) is 81.9 cm³/mol. The Morgan fingerprint density at radius 2 is 2.10 bits per heavy atom. The van der Waals surface area contributed by atoms with E-state index in [-0.39, 0.29) is 0 Å². The number of likely N-dealkylation sites (tertiary alicyclic amines) is 1. The summed E-state index contributed by atoms with van der Waals surface area (Å²) >= 11 is 0. The Morgan fingerprint density at radius 3 is 2.90 bits per heavy atom. The van der Waals surface area contributed by atoms with E-state index in [1.165, 1.54) is 31.5 Å². The lowest BCUT2D eigenvalue weighted by molar-refractivity contribution is 0.332. The Morgan fingerprint density at radius 1 is 1.24 bits per heavy atom. The van der Waals surface area contributed by atoms with Gasteiger partial charge in [-0.05, 0) is 45.0 Å². The second-order valence-corrected chi connectivity index (χ2v) is 5.60. The molecular weight excluding hydrogens is 264 g/mol. The fraction of sp³-hybridized carbons (Fsp3) is 0.500. The molecule has 1 aromatic heterocycles. The van der Waals surface area contributed by atoms with Gasteiger partial charge in [-0.1, -0.05) is 17.7 Å². The third-order valence-corrected chi connectivity index (χ3v) is 3.81. The summed E-state index contributed by atoms with van der Waals surface area (Å²) < 4.78 is 5.70. The molecule has 2 aromatic rings. The largest absolute Gasteiger partial charge is 0.419 e. The average molecular weight is 286 g/mol. The van der Waals surface area contributed by atoms with E-state index in [1.807, 2.05) is 12.1 Å². The molecule has 1 N–H and O–H groups in total. The summed E-state index contributed by atoms with van der Waals surface area (Å²) in [5.41, 5.74) is 2.17. The van der Waals surface area contributed by atoms with Crippen LogP contribution in [0.5, 0.6) is 0 Å². The first-order valence-corrected chi connectivity index (χ1v) is 7.64. The van der Waals surface area contributed by atoms with Crippen LogP contribution in [0.4, 0.5) is 0 Å². The van der Waals surface area contributed by atoms with Crippen LogP contribution in [0.1, 0.15) is 24.3 Å². The molecule has 0 bridgehead atoms. The van der Waals surface area contributed by atoms with Crippen LogP contribution in [-0.4, -0.2) is 41.3 Å². The minimum absolute atomic E-state index is 0.593. The Balaban J connectivity index is 1.48. The molecule has 0 saturated carbocycles. The Hall–Kier alpha value is -1.72. The van der Waals surface area contributed by atoms with E-state index < -0.39 is 0 Å². The fourth-order valence-electron chi connectivity index (χ4n) is 2.66. The van der Waals surface area contributed by atoms with Crippen LogP contribution in [0.15, 0.2) is 28.7 Å². The first-order chi connectivity index (χ1) is 10.3. The zero-order chi connectivity index (χ0) is 14.5. The fourth-order valence-corrected chi connectivity index (χ4v) is 2.66. The van der Waals surface area contributed by atoms with E-state index in [0.29, 0.717) is 18.3 Å². The van der Waals surface area contributed by atoms with Crippen LogP contribution in [0.3, 0.4) is 0 Å². The molecule has 1 fully saturated rings. The zero-order valence-corrected chi connectivity index (χ0v) is 12.5. The van der Waals surface area contributed by atoms with Gasteiger partial charge in [-0.25, -0.2) is 0 Å². The molecule has 2 heterocycles. The lowest BCUT2D eigenvalue weighted by atomic mass is 10.1. The molecule has 3 rings (SSSR count). The van der Waals surface area contributed by atoms with E-state index in [4.69, 9.17) is 4.42 Å². The summed E-state index contributed by atoms with van der Waals surface area (Å²) in [6, 6.07) is 8.10. The number of aromatic nitrogens is 2. The summed E-state index contributed by atoms with van der Waals surface area (Å²) in [6.07, 6.45) is 2.67. The van der Waals surface area contributed by atoms with Crippen molar-refractivity contribution in [3.05, 3.63) is 35.7 Å². The van der Waals surface area contributed by atoms with Gasteiger partial charge in [0.15, 0.2) is 0 Å². The van der Waals surface area contributed by atoms with E-state index in [2.05, 4.69) is 39.5 Å². The van der Waals surface area contributed by atoms with E-state index in [9.17, 15) is 0 Å². The molecule has 0 spiro atoms. The van der Waals surface area contributed by atoms with E-state index >= 15 is 0 Å². The van der Waals surface area contributed by atoms with Gasteiger partial charge in [0, 0.05) is 18.7 Å². The van der Waals surface area contributed by atoms with Crippen molar-refractivity contribution < 1.29 is 4.42 Å². The quantitative estimate of drug-likeness (QED) is 0.825. The number of nitrogens with one attached hydrogen (secondary N) is 1. The van der Waals surface area contributed by atoms with Gasteiger partial charge < -0.3 is 14.6 Å². The highest BCUT2D eigenvalue weighted by Crippen LogP contribution is 2.18. The Kier molecular flexibility index (Phi) is 4.62. The molecule has 112 valence electrons. The second kappa shape index (κ2) is 6.83. The van der Waals surface area contributed by atoms with Gasteiger partial charge in [-0.2, -0.15) is 0 Å². The molecule has 0 amide bonds. The summed E-state index contributed by atoms with van der Waals surface area (Å²) in [7, 11) is 0. The average Bonchev–Trinajstić information content (AvgIpc) is 3.15. The maximum Gasteiger partial charge on any atom is 0.247 e. The highest BCUT2D eigenvalue weighted by atomic mass is 16.4. The van der Waals surface area contributed by atoms with Crippen molar-refractivity contribution in [2.45, 2.75) is 26.3 Å². The van der Waals surface area contributed by atoms with Crippen molar-refractivity contribution in [1.82, 2.24) is 20.4 Å². The van der Waals surface area contributed by atoms with Gasteiger partial charge in [0.1, 0.15) is 0 Å². The number of aryl methyl sites for hydroxylation is 1. The van der Waals surface area contributed by atoms with Crippen LogP contribution in [0.2, 0.25) is 0 Å². The van der Waals surface area contributed by atoms with Crippen molar-refractivity contribution >= 4 is 0 Å². The maximum atomic E-state index is 5.70. The monoisotopic (exact) mass is 286 g/mol. The molecule has 5 nitrogen and oxygen atoms in total. The summed E-state index contributed by atoms with van der Waals surface area (Å²) in [5, 5.41) is 11.6. The van der Waals surface area contributed by atoms with Gasteiger partial charge in [0.2, 0.25) is 11.8 Å². The summed E-state index contributed by atoms with van der Waals surface area (Å²) in [6.45, 7) is 7.22. The normalized spacial score (nSPS) is 15.7. The molecule has 0 unspecified atom stereocenters. The van der Waals surface area contributed by atoms with Crippen LogP contribution >= 0.6 is 0 Å². The molecular formula is C16H22N4O. The van der Waals surface area contributed by atoms with Gasteiger partial charge in [0.05, 0.1) is 6.54 Å². The van der Waals surface area contributed by atoms with E-state index in [1.54, 1.807) is 0 Å². The Labute approximate surface area is 125 Å². The lowest BCUT2D eigenvalue weighted by Gasteiger charge is -2.13. The van der Waals surface area contributed by atoms with Crippen molar-refractivity contribution in [1.29, 1.82) is 0 Å². The molecule has 1 aliphatic rings. The Bertz CT molecular complexity index is 575. The molecule has 1 aromatic carbocycles.